The van der Waals surface area contributed by atoms with E-state index >= 15 is 0 Å². The van der Waals surface area contributed by atoms with Crippen molar-refractivity contribution in [1.29, 1.82) is 0 Å². The number of aryl methyl sites for hydroxylation is 2. The minimum Gasteiger partial charge on any atom is -0.366 e. The van der Waals surface area contributed by atoms with Crippen molar-refractivity contribution in [2.45, 2.75) is 19.9 Å². The lowest BCUT2D eigenvalue weighted by Gasteiger charge is -2.07. The number of para-hydroxylation sites is 1. The summed E-state index contributed by atoms with van der Waals surface area (Å²) in [7, 11) is 0. The third-order valence-corrected chi connectivity index (χ3v) is 3.87. The van der Waals surface area contributed by atoms with Gasteiger partial charge in [0, 0.05) is 23.1 Å². The van der Waals surface area contributed by atoms with E-state index in [1.807, 2.05) is 36.0 Å². The van der Waals surface area contributed by atoms with Crippen molar-refractivity contribution in [3.8, 4) is 0 Å². The molecule has 6 nitrogen and oxygen atoms in total. The molecule has 3 N–H and O–H groups in total. The lowest BCUT2D eigenvalue weighted by Crippen LogP contribution is -2.15. The van der Waals surface area contributed by atoms with E-state index in [4.69, 9.17) is 5.73 Å². The van der Waals surface area contributed by atoms with E-state index in [9.17, 15) is 9.59 Å². The van der Waals surface area contributed by atoms with Crippen molar-refractivity contribution in [2.24, 2.45) is 5.73 Å². The monoisotopic (exact) mass is 322 g/mol. The fraction of sp³-hybridized carbons (Fsp3) is 0.167. The smallest absolute Gasteiger partial charge is 0.248 e. The highest BCUT2D eigenvalue weighted by Gasteiger charge is 2.08. The first-order chi connectivity index (χ1) is 11.5. The van der Waals surface area contributed by atoms with Crippen LogP contribution in [0.15, 0.2) is 48.7 Å². The normalized spacial score (nSPS) is 10.7. The van der Waals surface area contributed by atoms with E-state index in [1.165, 1.54) is 0 Å². The molecule has 0 aliphatic rings. The zero-order valence-corrected chi connectivity index (χ0v) is 13.3. The van der Waals surface area contributed by atoms with Gasteiger partial charge in [0.05, 0.1) is 18.3 Å². The quantitative estimate of drug-likeness (QED) is 0.756. The van der Waals surface area contributed by atoms with E-state index < -0.39 is 5.91 Å². The van der Waals surface area contributed by atoms with E-state index in [1.54, 1.807) is 24.3 Å². The molecular weight excluding hydrogens is 304 g/mol. The second-order valence-corrected chi connectivity index (χ2v) is 5.62. The van der Waals surface area contributed by atoms with E-state index in [2.05, 4.69) is 10.4 Å². The number of amides is 2. The van der Waals surface area contributed by atoms with Crippen LogP contribution in [0.1, 0.15) is 22.3 Å². The van der Waals surface area contributed by atoms with E-state index in [0.717, 1.165) is 16.5 Å². The Morgan fingerprint density at radius 2 is 1.92 bits per heavy atom. The van der Waals surface area contributed by atoms with Crippen LogP contribution >= 0.6 is 0 Å². The summed E-state index contributed by atoms with van der Waals surface area (Å²) in [4.78, 5) is 23.1. The zero-order valence-electron chi connectivity index (χ0n) is 13.3. The molecule has 0 radical (unpaired) electrons. The Labute approximate surface area is 139 Å². The maximum Gasteiger partial charge on any atom is 0.248 e. The number of nitrogens with two attached hydrogens (primary N) is 1. The van der Waals surface area contributed by atoms with Crippen molar-refractivity contribution in [2.75, 3.05) is 5.32 Å². The average molecular weight is 322 g/mol. The highest BCUT2D eigenvalue weighted by atomic mass is 16.2. The maximum absolute atomic E-state index is 12.1. The topological polar surface area (TPSA) is 90.0 Å². The summed E-state index contributed by atoms with van der Waals surface area (Å²) >= 11 is 0. The molecule has 2 aromatic carbocycles. The number of carbonyl (C=O) groups is 2. The van der Waals surface area contributed by atoms with Crippen molar-refractivity contribution in [3.63, 3.8) is 0 Å². The number of aromatic nitrogens is 2. The van der Waals surface area contributed by atoms with Gasteiger partial charge in [-0.05, 0) is 36.8 Å². The number of hydrogen-bond acceptors (Lipinski definition) is 3. The van der Waals surface area contributed by atoms with Gasteiger partial charge in [-0.2, -0.15) is 5.10 Å². The summed E-state index contributed by atoms with van der Waals surface area (Å²) in [5.41, 5.74) is 8.41. The van der Waals surface area contributed by atoms with Crippen molar-refractivity contribution < 1.29 is 9.59 Å². The molecule has 1 aromatic heterocycles. The standard InChI is InChI=1S/C18H18N4O2/c1-12-3-2-4-14-11-20-22(17(12)14)10-9-16(23)21-15-7-5-13(6-8-15)18(19)24/h2-8,11H,9-10H2,1H3,(H2,19,24)(H,21,23). The van der Waals surface area contributed by atoms with Gasteiger partial charge in [-0.3, -0.25) is 14.3 Å². The van der Waals surface area contributed by atoms with Gasteiger partial charge in [0.2, 0.25) is 11.8 Å². The Morgan fingerprint density at radius 1 is 1.17 bits per heavy atom. The van der Waals surface area contributed by atoms with Crippen LogP contribution in [0.4, 0.5) is 5.69 Å². The molecule has 2 amide bonds. The number of hydrogen-bond donors (Lipinski definition) is 2. The average Bonchev–Trinajstić information content (AvgIpc) is 2.98. The van der Waals surface area contributed by atoms with Crippen LogP contribution < -0.4 is 11.1 Å². The Morgan fingerprint density at radius 3 is 2.62 bits per heavy atom. The molecule has 0 spiro atoms. The molecule has 0 aliphatic heterocycles. The summed E-state index contributed by atoms with van der Waals surface area (Å²) in [5.74, 6) is -0.604. The van der Waals surface area contributed by atoms with Crippen LogP contribution in [-0.2, 0) is 11.3 Å². The van der Waals surface area contributed by atoms with Crippen LogP contribution in [0.3, 0.4) is 0 Å². The lowest BCUT2D eigenvalue weighted by molar-refractivity contribution is -0.116. The molecule has 3 rings (SSSR count). The molecule has 122 valence electrons. The minimum atomic E-state index is -0.492. The molecule has 0 bridgehead atoms. The number of anilines is 1. The zero-order chi connectivity index (χ0) is 17.1. The van der Waals surface area contributed by atoms with Crippen molar-refractivity contribution >= 4 is 28.4 Å². The fourth-order valence-electron chi connectivity index (χ4n) is 2.65. The first-order valence-electron chi connectivity index (χ1n) is 7.65. The van der Waals surface area contributed by atoms with Gasteiger partial charge in [0.25, 0.3) is 0 Å². The van der Waals surface area contributed by atoms with Gasteiger partial charge < -0.3 is 11.1 Å². The summed E-state index contributed by atoms with van der Waals surface area (Å²) in [6.45, 7) is 2.53. The van der Waals surface area contributed by atoms with Gasteiger partial charge in [-0.1, -0.05) is 18.2 Å². The summed E-state index contributed by atoms with van der Waals surface area (Å²) < 4.78 is 1.85. The van der Waals surface area contributed by atoms with Gasteiger partial charge >= 0.3 is 0 Å². The SMILES string of the molecule is Cc1cccc2cnn(CCC(=O)Nc3ccc(C(N)=O)cc3)c12. The molecule has 0 unspecified atom stereocenters. The largest absolute Gasteiger partial charge is 0.366 e. The third kappa shape index (κ3) is 3.27. The predicted molar refractivity (Wildman–Crippen MR) is 92.7 cm³/mol. The Bertz CT molecular complexity index is 897. The van der Waals surface area contributed by atoms with Gasteiger partial charge in [-0.25, -0.2) is 0 Å². The van der Waals surface area contributed by atoms with Crippen LogP contribution in [0.25, 0.3) is 10.9 Å². The molecule has 0 saturated carbocycles. The molecule has 6 heteroatoms. The first-order valence-corrected chi connectivity index (χ1v) is 7.65. The minimum absolute atomic E-state index is 0.112. The number of nitrogens with one attached hydrogen (secondary N) is 1. The number of fused-ring (bicyclic) bond motifs is 1. The number of benzene rings is 2. The molecular formula is C18H18N4O2. The number of rotatable bonds is 5. The van der Waals surface area contributed by atoms with E-state index in [-0.39, 0.29) is 5.91 Å². The van der Waals surface area contributed by atoms with Crippen LogP contribution in [0.2, 0.25) is 0 Å². The van der Waals surface area contributed by atoms with E-state index in [0.29, 0.717) is 24.2 Å². The second-order valence-electron chi connectivity index (χ2n) is 5.62. The van der Waals surface area contributed by atoms with Gasteiger partial charge in [0.15, 0.2) is 0 Å². The van der Waals surface area contributed by atoms with Crippen LogP contribution in [0, 0.1) is 6.92 Å². The number of nitrogens with zero attached hydrogens (tertiary/aromatic N) is 2. The van der Waals surface area contributed by atoms with Crippen LogP contribution in [-0.4, -0.2) is 21.6 Å². The molecule has 0 atom stereocenters. The fourth-order valence-corrected chi connectivity index (χ4v) is 2.65. The van der Waals surface area contributed by atoms with Crippen LogP contribution in [0.5, 0.6) is 0 Å². The van der Waals surface area contributed by atoms with Gasteiger partial charge in [0.1, 0.15) is 0 Å². The number of carbonyl (C=O) groups excluding carboxylic acids is 2. The van der Waals surface area contributed by atoms with Crippen molar-refractivity contribution in [1.82, 2.24) is 9.78 Å². The summed E-state index contributed by atoms with van der Waals surface area (Å²) in [6, 6.07) is 12.5. The molecule has 1 heterocycles. The highest BCUT2D eigenvalue weighted by Crippen LogP contribution is 2.18. The second kappa shape index (κ2) is 6.54. The molecule has 0 fully saturated rings. The number of primary amides is 1. The van der Waals surface area contributed by atoms with Crippen molar-refractivity contribution in [3.05, 3.63) is 59.8 Å². The molecule has 24 heavy (non-hydrogen) atoms. The predicted octanol–water partition coefficient (Wildman–Crippen LogP) is 2.47. The Balaban J connectivity index is 1.64. The third-order valence-electron chi connectivity index (χ3n) is 3.87. The Hall–Kier alpha value is -3.15. The summed E-state index contributed by atoms with van der Waals surface area (Å²) in [6.07, 6.45) is 2.12. The summed E-state index contributed by atoms with van der Waals surface area (Å²) in [5, 5.41) is 8.22. The Kier molecular flexibility index (Phi) is 4.29. The lowest BCUT2D eigenvalue weighted by atomic mass is 10.2. The molecule has 3 aromatic rings. The highest BCUT2D eigenvalue weighted by molar-refractivity contribution is 5.94. The first kappa shape index (κ1) is 15.7. The molecule has 0 saturated heterocycles. The molecule has 0 aliphatic carbocycles. The maximum atomic E-state index is 12.1. The van der Waals surface area contributed by atoms with Gasteiger partial charge in [-0.15, -0.1) is 0 Å².